The number of amides is 3. The highest BCUT2D eigenvalue weighted by molar-refractivity contribution is 6.11. The van der Waals surface area contributed by atoms with Crippen molar-refractivity contribution < 1.29 is 14.4 Å². The highest BCUT2D eigenvalue weighted by Crippen LogP contribution is 2.33. The van der Waals surface area contributed by atoms with Gasteiger partial charge in [0.25, 0.3) is 11.8 Å². The van der Waals surface area contributed by atoms with Crippen LogP contribution in [0.1, 0.15) is 58.4 Å². The third-order valence-electron chi connectivity index (χ3n) is 6.67. The van der Waals surface area contributed by atoms with Crippen molar-refractivity contribution in [3.8, 4) is 0 Å². The Morgan fingerprint density at radius 2 is 1.61 bits per heavy atom. The van der Waals surface area contributed by atoms with Crippen molar-refractivity contribution in [2.75, 3.05) is 24.5 Å². The van der Waals surface area contributed by atoms with Gasteiger partial charge in [-0.05, 0) is 61.9 Å². The van der Waals surface area contributed by atoms with Crippen LogP contribution in [-0.4, -0.2) is 53.2 Å². The van der Waals surface area contributed by atoms with Gasteiger partial charge >= 0.3 is 0 Å². The molecule has 0 saturated carbocycles. The van der Waals surface area contributed by atoms with Crippen LogP contribution in [0.15, 0.2) is 48.5 Å². The van der Waals surface area contributed by atoms with E-state index in [1.165, 1.54) is 6.42 Å². The number of piperidine rings is 1. The molecular formula is C25H27N3O3. The maximum absolute atomic E-state index is 13.4. The van der Waals surface area contributed by atoms with Gasteiger partial charge < -0.3 is 14.7 Å². The van der Waals surface area contributed by atoms with Gasteiger partial charge in [-0.3, -0.25) is 14.4 Å². The fourth-order valence-electron chi connectivity index (χ4n) is 4.99. The summed E-state index contributed by atoms with van der Waals surface area (Å²) in [6.07, 6.45) is 4.88. The second-order valence-corrected chi connectivity index (χ2v) is 8.65. The molecule has 2 fully saturated rings. The maximum Gasteiger partial charge on any atom is 0.256 e. The summed E-state index contributed by atoms with van der Waals surface area (Å²) in [5.41, 5.74) is 2.88. The quantitative estimate of drug-likeness (QED) is 0.768. The highest BCUT2D eigenvalue weighted by Gasteiger charge is 2.41. The average Bonchev–Trinajstić information content (AvgIpc) is 3.30. The molecule has 0 spiro atoms. The van der Waals surface area contributed by atoms with Crippen molar-refractivity contribution in [2.24, 2.45) is 0 Å². The second-order valence-electron chi connectivity index (χ2n) is 8.65. The molecule has 6 heteroatoms. The fraction of sp³-hybridized carbons (Fsp3) is 0.400. The molecular weight excluding hydrogens is 390 g/mol. The molecule has 0 aromatic heterocycles. The summed E-state index contributed by atoms with van der Waals surface area (Å²) in [4.78, 5) is 44.6. The largest absolute Gasteiger partial charge is 0.339 e. The van der Waals surface area contributed by atoms with E-state index in [2.05, 4.69) is 0 Å². The van der Waals surface area contributed by atoms with E-state index in [1.807, 2.05) is 47.4 Å². The number of fused-ring (bicyclic) bond motifs is 2. The van der Waals surface area contributed by atoms with Crippen molar-refractivity contribution in [3.05, 3.63) is 65.2 Å². The Morgan fingerprint density at radius 3 is 2.39 bits per heavy atom. The number of hydrogen-bond donors (Lipinski definition) is 0. The Bertz CT molecular complexity index is 1010. The van der Waals surface area contributed by atoms with E-state index < -0.39 is 0 Å². The van der Waals surface area contributed by atoms with Gasteiger partial charge in [0, 0.05) is 25.2 Å². The van der Waals surface area contributed by atoms with Gasteiger partial charge in [0.1, 0.15) is 6.04 Å². The number of anilines is 1. The van der Waals surface area contributed by atoms with Crippen LogP contribution < -0.4 is 4.90 Å². The van der Waals surface area contributed by atoms with E-state index in [9.17, 15) is 14.4 Å². The molecule has 1 atom stereocenters. The van der Waals surface area contributed by atoms with Crippen LogP contribution in [0.4, 0.5) is 5.69 Å². The average molecular weight is 418 g/mol. The summed E-state index contributed by atoms with van der Waals surface area (Å²) in [6.45, 7) is 2.66. The van der Waals surface area contributed by atoms with Crippen LogP contribution in [-0.2, 0) is 11.3 Å². The predicted octanol–water partition coefficient (Wildman–Crippen LogP) is 3.46. The molecule has 0 unspecified atom stereocenters. The zero-order chi connectivity index (χ0) is 21.4. The molecule has 0 aliphatic carbocycles. The van der Waals surface area contributed by atoms with E-state index in [0.717, 1.165) is 37.9 Å². The molecule has 6 nitrogen and oxygen atoms in total. The van der Waals surface area contributed by atoms with Gasteiger partial charge in [0.15, 0.2) is 0 Å². The van der Waals surface area contributed by atoms with Crippen molar-refractivity contribution in [2.45, 2.75) is 44.7 Å². The van der Waals surface area contributed by atoms with Gasteiger partial charge in [0.2, 0.25) is 5.91 Å². The normalized spacial score (nSPS) is 21.0. The minimum Gasteiger partial charge on any atom is -0.339 e. The summed E-state index contributed by atoms with van der Waals surface area (Å²) in [5, 5.41) is 0. The van der Waals surface area contributed by atoms with Gasteiger partial charge in [-0.1, -0.05) is 24.3 Å². The Morgan fingerprint density at radius 1 is 0.871 bits per heavy atom. The van der Waals surface area contributed by atoms with Crippen LogP contribution >= 0.6 is 0 Å². The van der Waals surface area contributed by atoms with Gasteiger partial charge in [-0.2, -0.15) is 0 Å². The molecule has 0 radical (unpaired) electrons. The van der Waals surface area contributed by atoms with E-state index in [0.29, 0.717) is 36.3 Å². The lowest BCUT2D eigenvalue weighted by Crippen LogP contribution is -2.44. The number of nitrogens with zero attached hydrogens (tertiary/aromatic N) is 3. The first kappa shape index (κ1) is 19.8. The molecule has 2 aromatic carbocycles. The van der Waals surface area contributed by atoms with Gasteiger partial charge in [0.05, 0.1) is 17.8 Å². The molecule has 0 bridgehead atoms. The standard InChI is InChI=1S/C25H27N3O3/c29-23(26-14-4-1-5-15-26)19-12-10-18(11-13-19)17-28-21-8-3-2-7-20(21)24(30)27-16-6-9-22(27)25(28)31/h2-3,7-8,10-13,22H,1,4-6,9,14-17H2/t22-/m0/s1. The number of likely N-dealkylation sites (tertiary alicyclic amines) is 1. The summed E-state index contributed by atoms with van der Waals surface area (Å²) in [6, 6.07) is 14.5. The van der Waals surface area contributed by atoms with Crippen LogP contribution in [0.2, 0.25) is 0 Å². The molecule has 3 aliphatic heterocycles. The molecule has 3 amide bonds. The zero-order valence-electron chi connectivity index (χ0n) is 17.6. The first-order valence-corrected chi connectivity index (χ1v) is 11.2. The molecule has 2 saturated heterocycles. The summed E-state index contributed by atoms with van der Waals surface area (Å²) < 4.78 is 0. The van der Waals surface area contributed by atoms with Gasteiger partial charge in [-0.15, -0.1) is 0 Å². The maximum atomic E-state index is 13.4. The third-order valence-corrected chi connectivity index (χ3v) is 6.67. The lowest BCUT2D eigenvalue weighted by Gasteiger charge is -2.27. The number of hydrogen-bond acceptors (Lipinski definition) is 3. The molecule has 2 aromatic rings. The SMILES string of the molecule is O=C(c1ccc(CN2C(=O)[C@@H]3CCCN3C(=O)c3ccccc32)cc1)N1CCCCC1. The smallest absolute Gasteiger partial charge is 0.256 e. The molecule has 160 valence electrons. The first-order chi connectivity index (χ1) is 15.1. The minimum atomic E-state index is -0.389. The number of carbonyl (C=O) groups is 3. The fourth-order valence-corrected chi connectivity index (χ4v) is 4.99. The summed E-state index contributed by atoms with van der Waals surface area (Å²) >= 11 is 0. The van der Waals surface area contributed by atoms with Crippen LogP contribution in [0.5, 0.6) is 0 Å². The van der Waals surface area contributed by atoms with Crippen molar-refractivity contribution in [3.63, 3.8) is 0 Å². The predicted molar refractivity (Wildman–Crippen MR) is 118 cm³/mol. The van der Waals surface area contributed by atoms with E-state index in [1.54, 1.807) is 15.9 Å². The Hall–Kier alpha value is -3.15. The monoisotopic (exact) mass is 417 g/mol. The minimum absolute atomic E-state index is 0.0238. The molecule has 0 N–H and O–H groups in total. The number of para-hydroxylation sites is 1. The zero-order valence-corrected chi connectivity index (χ0v) is 17.6. The number of benzene rings is 2. The summed E-state index contributed by atoms with van der Waals surface area (Å²) in [5.74, 6) is -0.00432. The molecule has 3 aliphatic rings. The van der Waals surface area contributed by atoms with Crippen LogP contribution in [0, 0.1) is 0 Å². The second kappa shape index (κ2) is 8.17. The topological polar surface area (TPSA) is 60.9 Å². The highest BCUT2D eigenvalue weighted by atomic mass is 16.2. The lowest BCUT2D eigenvalue weighted by atomic mass is 10.1. The van der Waals surface area contributed by atoms with Gasteiger partial charge in [-0.25, -0.2) is 0 Å². The first-order valence-electron chi connectivity index (χ1n) is 11.2. The lowest BCUT2D eigenvalue weighted by molar-refractivity contribution is -0.122. The third kappa shape index (κ3) is 3.60. The Kier molecular flexibility index (Phi) is 5.22. The summed E-state index contributed by atoms with van der Waals surface area (Å²) in [7, 11) is 0. The van der Waals surface area contributed by atoms with E-state index in [-0.39, 0.29) is 23.8 Å². The Balaban J connectivity index is 1.40. The number of carbonyl (C=O) groups excluding carboxylic acids is 3. The molecule has 5 rings (SSSR count). The van der Waals surface area contributed by atoms with Crippen molar-refractivity contribution >= 4 is 23.4 Å². The Labute approximate surface area is 182 Å². The van der Waals surface area contributed by atoms with Crippen molar-refractivity contribution in [1.29, 1.82) is 0 Å². The molecule has 3 heterocycles. The van der Waals surface area contributed by atoms with E-state index in [4.69, 9.17) is 0 Å². The number of rotatable bonds is 3. The van der Waals surface area contributed by atoms with Crippen LogP contribution in [0.3, 0.4) is 0 Å². The molecule has 31 heavy (non-hydrogen) atoms. The van der Waals surface area contributed by atoms with Crippen LogP contribution in [0.25, 0.3) is 0 Å². The van der Waals surface area contributed by atoms with E-state index >= 15 is 0 Å². The van der Waals surface area contributed by atoms with Crippen molar-refractivity contribution in [1.82, 2.24) is 9.80 Å².